The molecule has 2 fully saturated rings. The smallest absolute Gasteiger partial charge is 0.315 e. The molecule has 0 bridgehead atoms. The van der Waals surface area contributed by atoms with Gasteiger partial charge in [-0.2, -0.15) is 0 Å². The third kappa shape index (κ3) is 4.56. The van der Waals surface area contributed by atoms with Crippen LogP contribution in [0, 0.1) is 12.3 Å². The lowest BCUT2D eigenvalue weighted by Gasteiger charge is -2.45. The molecule has 1 saturated carbocycles. The average molecular weight is 412 g/mol. The molecule has 2 aromatic carbocycles. The molecule has 3 amide bonds. The van der Waals surface area contributed by atoms with Gasteiger partial charge in [0.1, 0.15) is 0 Å². The minimum atomic E-state index is -0.148. The second kappa shape index (κ2) is 8.07. The van der Waals surface area contributed by atoms with Gasteiger partial charge >= 0.3 is 6.03 Å². The molecule has 1 saturated heterocycles. The van der Waals surface area contributed by atoms with Crippen molar-refractivity contribution >= 4 is 23.5 Å². The minimum Gasteiger partial charge on any atom is -0.338 e. The predicted molar refractivity (Wildman–Crippen MR) is 114 cm³/mol. The summed E-state index contributed by atoms with van der Waals surface area (Å²) in [6.07, 6.45) is 2.87. The van der Waals surface area contributed by atoms with Gasteiger partial charge in [-0.15, -0.1) is 0 Å². The Hall–Kier alpha value is -2.53. The van der Waals surface area contributed by atoms with Crippen LogP contribution in [0.25, 0.3) is 0 Å². The van der Waals surface area contributed by atoms with Gasteiger partial charge in [0.05, 0.1) is 0 Å². The van der Waals surface area contributed by atoms with E-state index in [4.69, 9.17) is 11.6 Å². The first-order valence-corrected chi connectivity index (χ1v) is 10.5. The monoisotopic (exact) mass is 411 g/mol. The molecule has 1 aliphatic carbocycles. The first kappa shape index (κ1) is 19.8. The Morgan fingerprint density at radius 1 is 1.17 bits per heavy atom. The first-order valence-electron chi connectivity index (χ1n) is 10.1. The molecule has 1 heterocycles. The van der Waals surface area contributed by atoms with E-state index < -0.39 is 0 Å². The Bertz CT molecular complexity index is 907. The van der Waals surface area contributed by atoms with Crippen molar-refractivity contribution in [1.82, 2.24) is 15.5 Å². The fraction of sp³-hybridized carbons (Fsp3) is 0.391. The van der Waals surface area contributed by atoms with E-state index in [0.29, 0.717) is 11.6 Å². The number of nitrogens with one attached hydrogen (secondary N) is 2. The second-order valence-electron chi connectivity index (χ2n) is 8.40. The molecular weight excluding hydrogens is 386 g/mol. The third-order valence-electron chi connectivity index (χ3n) is 6.05. The Kier molecular flexibility index (Phi) is 5.50. The maximum absolute atomic E-state index is 12.8. The van der Waals surface area contributed by atoms with Crippen LogP contribution in [-0.4, -0.2) is 36.0 Å². The zero-order valence-electron chi connectivity index (χ0n) is 16.6. The number of hydrogen-bond donors (Lipinski definition) is 2. The largest absolute Gasteiger partial charge is 0.338 e. The van der Waals surface area contributed by atoms with Crippen LogP contribution in [0.3, 0.4) is 0 Å². The summed E-state index contributed by atoms with van der Waals surface area (Å²) in [6.45, 7) is 4.05. The highest BCUT2D eigenvalue weighted by Crippen LogP contribution is 2.48. The van der Waals surface area contributed by atoms with Gasteiger partial charge in [0.25, 0.3) is 5.91 Å². The molecule has 2 N–H and O–H groups in total. The molecule has 6 heteroatoms. The first-order chi connectivity index (χ1) is 13.9. The van der Waals surface area contributed by atoms with E-state index in [2.05, 4.69) is 10.6 Å². The van der Waals surface area contributed by atoms with E-state index in [1.807, 2.05) is 60.4 Å². The number of carbonyl (C=O) groups excluding carboxylic acids is 2. The molecular formula is C23H26ClN3O2. The van der Waals surface area contributed by atoms with Gasteiger partial charge < -0.3 is 15.5 Å². The number of amides is 3. The van der Waals surface area contributed by atoms with Crippen molar-refractivity contribution in [3.05, 3.63) is 70.2 Å². The molecule has 2 aliphatic rings. The lowest BCUT2D eigenvalue weighted by molar-refractivity contribution is 0.0671. The van der Waals surface area contributed by atoms with E-state index in [1.54, 1.807) is 0 Å². The summed E-state index contributed by atoms with van der Waals surface area (Å²) in [5.41, 5.74) is 3.03. The van der Waals surface area contributed by atoms with Gasteiger partial charge in [-0.25, -0.2) is 4.79 Å². The Morgan fingerprint density at radius 3 is 2.66 bits per heavy atom. The molecule has 152 valence electrons. The summed E-state index contributed by atoms with van der Waals surface area (Å²) < 4.78 is 0. The number of nitrogens with zero attached hydrogens (tertiary/aromatic N) is 1. The number of carbonyl (C=O) groups is 2. The fourth-order valence-corrected chi connectivity index (χ4v) is 4.64. The number of benzene rings is 2. The van der Waals surface area contributed by atoms with Gasteiger partial charge in [-0.1, -0.05) is 41.4 Å². The van der Waals surface area contributed by atoms with Crippen LogP contribution >= 0.6 is 11.6 Å². The molecule has 5 nitrogen and oxygen atoms in total. The zero-order chi connectivity index (χ0) is 20.4. The Labute approximate surface area is 176 Å². The number of rotatable bonds is 4. The molecule has 0 aromatic heterocycles. The van der Waals surface area contributed by atoms with Gasteiger partial charge in [0.15, 0.2) is 0 Å². The summed E-state index contributed by atoms with van der Waals surface area (Å²) in [6, 6.07) is 15.2. The van der Waals surface area contributed by atoms with Crippen molar-refractivity contribution in [3.63, 3.8) is 0 Å². The van der Waals surface area contributed by atoms with Crippen molar-refractivity contribution in [2.45, 2.75) is 38.8 Å². The van der Waals surface area contributed by atoms with Crippen molar-refractivity contribution < 1.29 is 9.59 Å². The van der Waals surface area contributed by atoms with Crippen LogP contribution in [-0.2, 0) is 6.54 Å². The molecule has 0 unspecified atom stereocenters. The van der Waals surface area contributed by atoms with E-state index in [-0.39, 0.29) is 23.4 Å². The van der Waals surface area contributed by atoms with Crippen LogP contribution in [0.15, 0.2) is 48.5 Å². The number of hydrogen-bond acceptors (Lipinski definition) is 2. The normalized spacial score (nSPS) is 23.0. The highest BCUT2D eigenvalue weighted by Gasteiger charge is 2.49. The van der Waals surface area contributed by atoms with E-state index >= 15 is 0 Å². The van der Waals surface area contributed by atoms with Crippen molar-refractivity contribution in [1.29, 1.82) is 0 Å². The maximum atomic E-state index is 12.8. The summed E-state index contributed by atoms with van der Waals surface area (Å²) in [7, 11) is 0. The Morgan fingerprint density at radius 2 is 1.93 bits per heavy atom. The Balaban J connectivity index is 1.23. The third-order valence-corrected chi connectivity index (χ3v) is 6.30. The summed E-state index contributed by atoms with van der Waals surface area (Å²) in [4.78, 5) is 26.9. The second-order valence-corrected chi connectivity index (χ2v) is 8.84. The molecule has 2 aromatic rings. The molecule has 29 heavy (non-hydrogen) atoms. The lowest BCUT2D eigenvalue weighted by Crippen LogP contribution is -2.54. The quantitative estimate of drug-likeness (QED) is 0.794. The SMILES string of the molecule is Cc1cccc(C(=O)N2CCC3(CC(NC(=O)NCc4ccc(Cl)cc4)C3)C2)c1. The lowest BCUT2D eigenvalue weighted by atomic mass is 9.65. The minimum absolute atomic E-state index is 0.114. The molecule has 1 aliphatic heterocycles. The van der Waals surface area contributed by atoms with Crippen molar-refractivity contribution in [2.24, 2.45) is 5.41 Å². The number of halogens is 1. The summed E-state index contributed by atoms with van der Waals surface area (Å²) in [5.74, 6) is 0.114. The predicted octanol–water partition coefficient (Wildman–Crippen LogP) is 4.14. The maximum Gasteiger partial charge on any atom is 0.315 e. The number of likely N-dealkylation sites (tertiary alicyclic amines) is 1. The van der Waals surface area contributed by atoms with E-state index in [9.17, 15) is 9.59 Å². The number of aryl methyl sites for hydroxylation is 1. The van der Waals surface area contributed by atoms with Crippen LogP contribution < -0.4 is 10.6 Å². The number of urea groups is 1. The zero-order valence-corrected chi connectivity index (χ0v) is 17.3. The van der Waals surface area contributed by atoms with E-state index in [0.717, 1.165) is 49.0 Å². The van der Waals surface area contributed by atoms with Crippen LogP contribution in [0.1, 0.15) is 40.7 Å². The van der Waals surface area contributed by atoms with Crippen molar-refractivity contribution in [2.75, 3.05) is 13.1 Å². The van der Waals surface area contributed by atoms with Crippen molar-refractivity contribution in [3.8, 4) is 0 Å². The van der Waals surface area contributed by atoms with Crippen LogP contribution in [0.2, 0.25) is 5.02 Å². The average Bonchev–Trinajstić information content (AvgIpc) is 3.12. The molecule has 4 rings (SSSR count). The highest BCUT2D eigenvalue weighted by molar-refractivity contribution is 6.30. The topological polar surface area (TPSA) is 61.4 Å². The van der Waals surface area contributed by atoms with Crippen LogP contribution in [0.5, 0.6) is 0 Å². The molecule has 1 spiro atoms. The summed E-state index contributed by atoms with van der Waals surface area (Å²) in [5, 5.41) is 6.63. The van der Waals surface area contributed by atoms with Gasteiger partial charge in [0.2, 0.25) is 0 Å². The van der Waals surface area contributed by atoms with Gasteiger partial charge in [-0.3, -0.25) is 4.79 Å². The highest BCUT2D eigenvalue weighted by atomic mass is 35.5. The summed E-state index contributed by atoms with van der Waals surface area (Å²) >= 11 is 5.88. The molecule has 0 atom stereocenters. The molecule has 0 radical (unpaired) electrons. The van der Waals surface area contributed by atoms with Gasteiger partial charge in [0, 0.05) is 36.3 Å². The van der Waals surface area contributed by atoms with Crippen LogP contribution in [0.4, 0.5) is 4.79 Å². The fourth-order valence-electron chi connectivity index (χ4n) is 4.51. The standard InChI is InChI=1S/C23H26ClN3O2/c1-16-3-2-4-18(11-16)21(28)27-10-9-23(15-27)12-20(13-23)26-22(29)25-14-17-5-7-19(24)8-6-17/h2-8,11,20H,9-10,12-15H2,1H3,(H2,25,26,29). The van der Waals surface area contributed by atoms with E-state index in [1.165, 1.54) is 0 Å². The van der Waals surface area contributed by atoms with Gasteiger partial charge in [-0.05, 0) is 61.4 Å².